The molecule has 0 aliphatic carbocycles. The Hall–Kier alpha value is -1.26. The van der Waals surface area contributed by atoms with Gasteiger partial charge in [-0.05, 0) is 12.3 Å². The molecule has 17 heavy (non-hydrogen) atoms. The van der Waals surface area contributed by atoms with Crippen LogP contribution in [0.25, 0.3) is 0 Å². The minimum Gasteiger partial charge on any atom is -0.480 e. The van der Waals surface area contributed by atoms with E-state index in [9.17, 15) is 9.59 Å². The van der Waals surface area contributed by atoms with Crippen LogP contribution in [0.2, 0.25) is 0 Å². The Labute approximate surface area is 103 Å². The van der Waals surface area contributed by atoms with E-state index in [2.05, 4.69) is 6.92 Å². The number of hydrogen-bond donors (Lipinski definition) is 1. The van der Waals surface area contributed by atoms with E-state index in [1.54, 1.807) is 11.9 Å². The standard InChI is InChI=1S/C12H24N2O3/c1-5-6-7-13(4)12(17)14(8-10(2)3)9-11(15)16/h10H,5-9H2,1-4H3,(H,15,16). The summed E-state index contributed by atoms with van der Waals surface area (Å²) in [5, 5.41) is 8.79. The molecule has 0 saturated heterocycles. The van der Waals surface area contributed by atoms with Crippen LogP contribution in [0.15, 0.2) is 0 Å². The molecule has 0 heterocycles. The lowest BCUT2D eigenvalue weighted by molar-refractivity contribution is -0.137. The molecular formula is C12H24N2O3. The Morgan fingerprint density at radius 2 is 1.88 bits per heavy atom. The Balaban J connectivity index is 4.44. The Bertz CT molecular complexity index is 254. The number of unbranched alkanes of at least 4 members (excludes halogenated alkanes) is 1. The number of hydrogen-bond acceptors (Lipinski definition) is 2. The predicted octanol–water partition coefficient (Wildman–Crippen LogP) is 1.88. The summed E-state index contributed by atoms with van der Waals surface area (Å²) in [6.07, 6.45) is 1.95. The van der Waals surface area contributed by atoms with Gasteiger partial charge in [-0.3, -0.25) is 4.79 Å². The minimum absolute atomic E-state index is 0.199. The van der Waals surface area contributed by atoms with Gasteiger partial charge in [-0.2, -0.15) is 0 Å². The zero-order valence-electron chi connectivity index (χ0n) is 11.3. The van der Waals surface area contributed by atoms with E-state index in [1.807, 2.05) is 13.8 Å². The first-order chi connectivity index (χ1) is 7.88. The van der Waals surface area contributed by atoms with Gasteiger partial charge in [-0.1, -0.05) is 27.2 Å². The van der Waals surface area contributed by atoms with Crippen LogP contribution in [0.3, 0.4) is 0 Å². The van der Waals surface area contributed by atoms with Crippen molar-refractivity contribution in [3.63, 3.8) is 0 Å². The van der Waals surface area contributed by atoms with Crippen LogP contribution in [0, 0.1) is 5.92 Å². The van der Waals surface area contributed by atoms with Crippen molar-refractivity contribution in [1.29, 1.82) is 0 Å². The monoisotopic (exact) mass is 244 g/mol. The number of amides is 2. The summed E-state index contributed by atoms with van der Waals surface area (Å²) in [6, 6.07) is -0.199. The summed E-state index contributed by atoms with van der Waals surface area (Å²) >= 11 is 0. The Morgan fingerprint density at radius 3 is 2.29 bits per heavy atom. The fourth-order valence-electron chi connectivity index (χ4n) is 1.55. The van der Waals surface area contributed by atoms with Crippen LogP contribution in [-0.2, 0) is 4.79 Å². The van der Waals surface area contributed by atoms with E-state index in [1.165, 1.54) is 4.90 Å². The number of urea groups is 1. The first kappa shape index (κ1) is 15.7. The molecule has 0 atom stereocenters. The highest BCUT2D eigenvalue weighted by Gasteiger charge is 2.20. The quantitative estimate of drug-likeness (QED) is 0.744. The van der Waals surface area contributed by atoms with Crippen LogP contribution in [0.4, 0.5) is 4.79 Å². The second-order valence-electron chi connectivity index (χ2n) is 4.73. The number of nitrogens with zero attached hydrogens (tertiary/aromatic N) is 2. The molecule has 0 rings (SSSR count). The zero-order chi connectivity index (χ0) is 13.4. The van der Waals surface area contributed by atoms with E-state index in [4.69, 9.17) is 5.11 Å². The fourth-order valence-corrected chi connectivity index (χ4v) is 1.55. The highest BCUT2D eigenvalue weighted by atomic mass is 16.4. The van der Waals surface area contributed by atoms with Crippen LogP contribution in [-0.4, -0.2) is 53.6 Å². The average Bonchev–Trinajstić information content (AvgIpc) is 2.22. The van der Waals surface area contributed by atoms with Gasteiger partial charge < -0.3 is 14.9 Å². The first-order valence-electron chi connectivity index (χ1n) is 6.10. The van der Waals surface area contributed by atoms with Gasteiger partial charge in [0.15, 0.2) is 0 Å². The van der Waals surface area contributed by atoms with Crippen LogP contribution in [0.5, 0.6) is 0 Å². The van der Waals surface area contributed by atoms with E-state index in [0.717, 1.165) is 12.8 Å². The minimum atomic E-state index is -0.970. The van der Waals surface area contributed by atoms with E-state index in [0.29, 0.717) is 13.1 Å². The molecule has 5 nitrogen and oxygen atoms in total. The molecule has 0 unspecified atom stereocenters. The molecule has 0 aliphatic rings. The molecule has 100 valence electrons. The van der Waals surface area contributed by atoms with Gasteiger partial charge in [0.05, 0.1) is 0 Å². The maximum absolute atomic E-state index is 12.0. The lowest BCUT2D eigenvalue weighted by atomic mass is 10.2. The lowest BCUT2D eigenvalue weighted by Gasteiger charge is -2.28. The van der Waals surface area contributed by atoms with Gasteiger partial charge in [-0.15, -0.1) is 0 Å². The molecular weight excluding hydrogens is 220 g/mol. The molecule has 0 aromatic heterocycles. The molecule has 5 heteroatoms. The van der Waals surface area contributed by atoms with Crippen molar-refractivity contribution in [1.82, 2.24) is 9.80 Å². The van der Waals surface area contributed by atoms with Crippen molar-refractivity contribution in [2.45, 2.75) is 33.6 Å². The molecule has 1 N–H and O–H groups in total. The van der Waals surface area contributed by atoms with Crippen LogP contribution < -0.4 is 0 Å². The van der Waals surface area contributed by atoms with Crippen molar-refractivity contribution in [3.8, 4) is 0 Å². The molecule has 0 spiro atoms. The summed E-state index contributed by atoms with van der Waals surface area (Å²) in [5.74, 6) is -0.708. The molecule has 0 aromatic rings. The maximum atomic E-state index is 12.0. The summed E-state index contributed by atoms with van der Waals surface area (Å²) in [6.45, 7) is 6.91. The number of carbonyl (C=O) groups excluding carboxylic acids is 1. The topological polar surface area (TPSA) is 60.9 Å². The third kappa shape index (κ3) is 6.81. The van der Waals surface area contributed by atoms with Crippen molar-refractivity contribution in [2.24, 2.45) is 5.92 Å². The summed E-state index contributed by atoms with van der Waals surface area (Å²) < 4.78 is 0. The second kappa shape index (κ2) is 7.92. The lowest BCUT2D eigenvalue weighted by Crippen LogP contribution is -2.45. The number of aliphatic carboxylic acids is 1. The Morgan fingerprint density at radius 1 is 1.29 bits per heavy atom. The molecule has 0 saturated carbocycles. The molecule has 0 aliphatic heterocycles. The van der Waals surface area contributed by atoms with Crippen molar-refractivity contribution in [2.75, 3.05) is 26.7 Å². The van der Waals surface area contributed by atoms with Gasteiger partial charge in [0, 0.05) is 20.1 Å². The molecule has 0 fully saturated rings. The fraction of sp³-hybridized carbons (Fsp3) is 0.833. The van der Waals surface area contributed by atoms with E-state index >= 15 is 0 Å². The highest BCUT2D eigenvalue weighted by Crippen LogP contribution is 2.04. The normalized spacial score (nSPS) is 10.4. The second-order valence-corrected chi connectivity index (χ2v) is 4.73. The largest absolute Gasteiger partial charge is 0.480 e. The smallest absolute Gasteiger partial charge is 0.323 e. The molecule has 2 amide bonds. The summed E-state index contributed by atoms with van der Waals surface area (Å²) in [4.78, 5) is 25.7. The van der Waals surface area contributed by atoms with Crippen LogP contribution >= 0.6 is 0 Å². The van der Waals surface area contributed by atoms with Gasteiger partial charge in [0.1, 0.15) is 6.54 Å². The maximum Gasteiger partial charge on any atom is 0.323 e. The average molecular weight is 244 g/mol. The predicted molar refractivity (Wildman–Crippen MR) is 67.0 cm³/mol. The number of rotatable bonds is 7. The first-order valence-corrected chi connectivity index (χ1v) is 6.10. The number of carbonyl (C=O) groups is 2. The van der Waals surface area contributed by atoms with Gasteiger partial charge in [0.2, 0.25) is 0 Å². The van der Waals surface area contributed by atoms with Crippen molar-refractivity contribution >= 4 is 12.0 Å². The SMILES string of the molecule is CCCCN(C)C(=O)N(CC(=O)O)CC(C)C. The van der Waals surface area contributed by atoms with Gasteiger partial charge >= 0.3 is 12.0 Å². The van der Waals surface area contributed by atoms with Crippen LogP contribution in [0.1, 0.15) is 33.6 Å². The summed E-state index contributed by atoms with van der Waals surface area (Å²) in [7, 11) is 1.72. The third-order valence-corrected chi connectivity index (χ3v) is 2.36. The van der Waals surface area contributed by atoms with E-state index in [-0.39, 0.29) is 18.5 Å². The molecule has 0 aromatic carbocycles. The number of carboxylic acid groups (broad SMARTS) is 1. The van der Waals surface area contributed by atoms with Crippen molar-refractivity contribution < 1.29 is 14.7 Å². The molecule has 0 bridgehead atoms. The number of carboxylic acids is 1. The highest BCUT2D eigenvalue weighted by molar-refractivity contribution is 5.80. The third-order valence-electron chi connectivity index (χ3n) is 2.36. The van der Waals surface area contributed by atoms with Gasteiger partial charge in [-0.25, -0.2) is 4.79 Å². The molecule has 0 radical (unpaired) electrons. The van der Waals surface area contributed by atoms with E-state index < -0.39 is 5.97 Å². The summed E-state index contributed by atoms with van der Waals surface area (Å²) in [5.41, 5.74) is 0. The van der Waals surface area contributed by atoms with Crippen molar-refractivity contribution in [3.05, 3.63) is 0 Å². The Kier molecular flexibility index (Phi) is 7.34. The van der Waals surface area contributed by atoms with Gasteiger partial charge in [0.25, 0.3) is 0 Å². The zero-order valence-corrected chi connectivity index (χ0v) is 11.3.